The van der Waals surface area contributed by atoms with E-state index in [4.69, 9.17) is 4.99 Å². The van der Waals surface area contributed by atoms with Crippen molar-refractivity contribution in [1.82, 2.24) is 4.57 Å². The fourth-order valence-electron chi connectivity index (χ4n) is 9.05. The van der Waals surface area contributed by atoms with Gasteiger partial charge >= 0.3 is 0 Å². The van der Waals surface area contributed by atoms with Gasteiger partial charge in [-0.1, -0.05) is 188 Å². The SMILES string of the molecule is CNc1ccccc1/C(=N\Cn1c2ccccc2c2ccc3c(c21)C(c1ccccc1)(c1ccccc1)c1ccccc1-3)c1ccc(-c2ccccc2)cc1. The van der Waals surface area contributed by atoms with Crippen molar-refractivity contribution in [3.63, 3.8) is 0 Å². The lowest BCUT2D eigenvalue weighted by Gasteiger charge is -2.34. The molecule has 3 nitrogen and oxygen atoms in total. The van der Waals surface area contributed by atoms with Crippen molar-refractivity contribution in [3.8, 4) is 22.3 Å². The fourth-order valence-corrected chi connectivity index (χ4v) is 9.05. The fraction of sp³-hybridized carbons (Fsp3) is 0.0577. The number of fused-ring (bicyclic) bond motifs is 7. The number of hydrogen-bond acceptors (Lipinski definition) is 2. The molecule has 1 aliphatic carbocycles. The Labute approximate surface area is 321 Å². The first kappa shape index (κ1) is 32.7. The van der Waals surface area contributed by atoms with Crippen molar-refractivity contribution in [3.05, 3.63) is 234 Å². The molecule has 9 aromatic rings. The quantitative estimate of drug-likeness (QED) is 0.157. The van der Waals surface area contributed by atoms with Gasteiger partial charge in [-0.25, -0.2) is 0 Å². The second kappa shape index (κ2) is 13.5. The van der Waals surface area contributed by atoms with Crippen molar-refractivity contribution in [2.75, 3.05) is 12.4 Å². The standard InChI is InChI=1S/C52H39N3/c1-53-47-27-15-12-25-45(47)50(38-31-29-37(30-32-38)36-17-5-2-6-18-36)54-35-55-48-28-16-13-24-42(48)44-34-33-43-41-23-11-14-26-46(41)52(49(43)51(44)55,39-19-7-3-8-20-39)40-21-9-4-10-22-40/h2-34,53H,35H2,1H3/b54-50-. The van der Waals surface area contributed by atoms with E-state index in [-0.39, 0.29) is 0 Å². The molecule has 0 aliphatic heterocycles. The maximum Gasteiger partial charge on any atom is 0.115 e. The molecule has 1 aliphatic rings. The summed E-state index contributed by atoms with van der Waals surface area (Å²) in [5.41, 5.74) is 16.0. The third kappa shape index (κ3) is 5.15. The molecule has 0 radical (unpaired) electrons. The number of aromatic nitrogens is 1. The highest BCUT2D eigenvalue weighted by Gasteiger charge is 2.48. The number of rotatable bonds is 8. The molecule has 0 unspecified atom stereocenters. The third-order valence-corrected chi connectivity index (χ3v) is 11.4. The molecule has 10 rings (SSSR count). The van der Waals surface area contributed by atoms with Crippen LogP contribution in [0.1, 0.15) is 33.4 Å². The zero-order chi connectivity index (χ0) is 36.8. The lowest BCUT2D eigenvalue weighted by atomic mass is 9.67. The van der Waals surface area contributed by atoms with Gasteiger partial charge < -0.3 is 9.88 Å². The highest BCUT2D eigenvalue weighted by Crippen LogP contribution is 2.58. The zero-order valence-corrected chi connectivity index (χ0v) is 30.7. The predicted octanol–water partition coefficient (Wildman–Crippen LogP) is 12.4. The van der Waals surface area contributed by atoms with Crippen LogP contribution in [0.3, 0.4) is 0 Å². The summed E-state index contributed by atoms with van der Waals surface area (Å²) in [7, 11) is 1.98. The minimum absolute atomic E-state index is 0.435. The van der Waals surface area contributed by atoms with Gasteiger partial charge in [-0.05, 0) is 51.1 Å². The summed E-state index contributed by atoms with van der Waals surface area (Å²) >= 11 is 0. The minimum atomic E-state index is -0.543. The first-order valence-corrected chi connectivity index (χ1v) is 19.0. The molecule has 0 spiro atoms. The highest BCUT2D eigenvalue weighted by molar-refractivity contribution is 6.16. The van der Waals surface area contributed by atoms with Gasteiger partial charge in [0.1, 0.15) is 6.67 Å². The summed E-state index contributed by atoms with van der Waals surface area (Å²) in [5, 5.41) is 5.90. The van der Waals surface area contributed by atoms with Gasteiger partial charge in [-0.15, -0.1) is 0 Å². The average Bonchev–Trinajstić information content (AvgIpc) is 3.75. The van der Waals surface area contributed by atoms with E-state index in [1.807, 2.05) is 7.05 Å². The second-order valence-corrected chi connectivity index (χ2v) is 14.2. The number of nitrogens with zero attached hydrogens (tertiary/aromatic N) is 2. The Morgan fingerprint density at radius 3 is 1.85 bits per heavy atom. The van der Waals surface area contributed by atoms with Crippen molar-refractivity contribution >= 4 is 33.2 Å². The molecule has 3 heteroatoms. The molecule has 1 aromatic heterocycles. The Kier molecular flexibility index (Phi) is 8.00. The zero-order valence-electron chi connectivity index (χ0n) is 30.7. The van der Waals surface area contributed by atoms with Gasteiger partial charge in [0.05, 0.1) is 22.2 Å². The molecular formula is C52H39N3. The summed E-state index contributed by atoms with van der Waals surface area (Å²) in [6.07, 6.45) is 0. The van der Waals surface area contributed by atoms with Gasteiger partial charge in [-0.2, -0.15) is 0 Å². The van der Waals surface area contributed by atoms with E-state index in [0.29, 0.717) is 6.67 Å². The smallest absolute Gasteiger partial charge is 0.115 e. The number of anilines is 1. The molecule has 0 atom stereocenters. The van der Waals surface area contributed by atoms with E-state index in [1.165, 1.54) is 66.3 Å². The summed E-state index contributed by atoms with van der Waals surface area (Å²) in [6, 6.07) is 72.5. The lowest BCUT2D eigenvalue weighted by Crippen LogP contribution is -2.29. The third-order valence-electron chi connectivity index (χ3n) is 11.4. The topological polar surface area (TPSA) is 29.3 Å². The summed E-state index contributed by atoms with van der Waals surface area (Å²) in [4.78, 5) is 5.63. The Morgan fingerprint density at radius 1 is 0.527 bits per heavy atom. The largest absolute Gasteiger partial charge is 0.388 e. The van der Waals surface area contributed by atoms with Gasteiger partial charge in [0.2, 0.25) is 0 Å². The van der Waals surface area contributed by atoms with E-state index in [1.54, 1.807) is 0 Å². The van der Waals surface area contributed by atoms with Crippen LogP contribution in [-0.2, 0) is 12.1 Å². The van der Waals surface area contributed by atoms with Gasteiger partial charge in [0, 0.05) is 40.2 Å². The number of nitrogens with one attached hydrogen (secondary N) is 1. The second-order valence-electron chi connectivity index (χ2n) is 14.2. The highest BCUT2D eigenvalue weighted by atomic mass is 15.1. The molecular weight excluding hydrogens is 667 g/mol. The monoisotopic (exact) mass is 705 g/mol. The molecule has 0 saturated carbocycles. The van der Waals surface area contributed by atoms with Crippen LogP contribution < -0.4 is 5.32 Å². The maximum atomic E-state index is 5.63. The maximum absolute atomic E-state index is 5.63. The molecule has 1 heterocycles. The Morgan fingerprint density at radius 2 is 1.13 bits per heavy atom. The van der Waals surface area contributed by atoms with Crippen molar-refractivity contribution in [2.24, 2.45) is 4.99 Å². The van der Waals surface area contributed by atoms with Crippen LogP contribution in [0, 0.1) is 0 Å². The number of para-hydroxylation sites is 2. The summed E-state index contributed by atoms with van der Waals surface area (Å²) in [6.45, 7) is 0.435. The van der Waals surface area contributed by atoms with Crippen LogP contribution in [0.15, 0.2) is 205 Å². The van der Waals surface area contributed by atoms with E-state index < -0.39 is 5.41 Å². The minimum Gasteiger partial charge on any atom is -0.388 e. The first-order valence-electron chi connectivity index (χ1n) is 19.0. The molecule has 55 heavy (non-hydrogen) atoms. The van der Waals surface area contributed by atoms with Crippen LogP contribution in [0.4, 0.5) is 5.69 Å². The average molecular weight is 706 g/mol. The normalized spacial score (nSPS) is 13.1. The van der Waals surface area contributed by atoms with E-state index in [9.17, 15) is 0 Å². The van der Waals surface area contributed by atoms with E-state index in [2.05, 4.69) is 210 Å². The lowest BCUT2D eigenvalue weighted by molar-refractivity contribution is 0.748. The Hall–Kier alpha value is -6.97. The summed E-state index contributed by atoms with van der Waals surface area (Å²) in [5.74, 6) is 0. The van der Waals surface area contributed by atoms with Gasteiger partial charge in [0.15, 0.2) is 0 Å². The Bertz CT molecular complexity index is 2810. The van der Waals surface area contributed by atoms with Crippen LogP contribution in [-0.4, -0.2) is 17.3 Å². The van der Waals surface area contributed by atoms with Crippen LogP contribution >= 0.6 is 0 Å². The number of aliphatic imine (C=N–C) groups is 1. The van der Waals surface area contributed by atoms with Gasteiger partial charge in [0.25, 0.3) is 0 Å². The Balaban J connectivity index is 1.26. The van der Waals surface area contributed by atoms with E-state index >= 15 is 0 Å². The van der Waals surface area contributed by atoms with E-state index in [0.717, 1.165) is 22.5 Å². The molecule has 0 amide bonds. The van der Waals surface area contributed by atoms with Crippen molar-refractivity contribution in [1.29, 1.82) is 0 Å². The molecule has 0 bridgehead atoms. The molecule has 0 fully saturated rings. The van der Waals surface area contributed by atoms with Crippen LogP contribution in [0.5, 0.6) is 0 Å². The number of hydrogen-bond donors (Lipinski definition) is 1. The summed E-state index contributed by atoms with van der Waals surface area (Å²) < 4.78 is 2.47. The molecule has 8 aromatic carbocycles. The van der Waals surface area contributed by atoms with Crippen LogP contribution in [0.25, 0.3) is 44.1 Å². The molecule has 0 saturated heterocycles. The predicted molar refractivity (Wildman–Crippen MR) is 230 cm³/mol. The molecule has 1 N–H and O–H groups in total. The van der Waals surface area contributed by atoms with Gasteiger partial charge in [-0.3, -0.25) is 4.99 Å². The van der Waals surface area contributed by atoms with Crippen molar-refractivity contribution < 1.29 is 0 Å². The molecule has 262 valence electrons. The number of benzene rings is 8. The van der Waals surface area contributed by atoms with Crippen molar-refractivity contribution in [2.45, 2.75) is 12.1 Å². The van der Waals surface area contributed by atoms with Crippen LogP contribution in [0.2, 0.25) is 0 Å². The first-order chi connectivity index (χ1) is 27.3.